The molecule has 0 aliphatic heterocycles. The molecule has 190 valence electrons. The number of nitrogens with zero attached hydrogens (tertiary/aromatic N) is 1. The van der Waals surface area contributed by atoms with Gasteiger partial charge in [-0.1, -0.05) is 42.5 Å². The monoisotopic (exact) mass is 515 g/mol. The zero-order valence-corrected chi connectivity index (χ0v) is 20.7. The summed E-state index contributed by atoms with van der Waals surface area (Å²) >= 11 is 0. The van der Waals surface area contributed by atoms with Gasteiger partial charge in [-0.25, -0.2) is 17.2 Å². The first-order valence-electron chi connectivity index (χ1n) is 11.2. The lowest BCUT2D eigenvalue weighted by Gasteiger charge is -2.22. The SMILES string of the molecule is CC(NC(=O)c1ccccc1NC(=O)CCCN(c1ccc(F)c(F)c1)S(C)(=O)=O)c1ccccc1. The summed E-state index contributed by atoms with van der Waals surface area (Å²) in [6.45, 7) is 1.74. The topological polar surface area (TPSA) is 95.6 Å². The highest BCUT2D eigenvalue weighted by Crippen LogP contribution is 2.22. The second-order valence-corrected chi connectivity index (χ2v) is 10.1. The first kappa shape index (κ1) is 26.8. The number of para-hydroxylation sites is 1. The Kier molecular flexibility index (Phi) is 8.76. The molecule has 0 aliphatic rings. The van der Waals surface area contributed by atoms with Crippen LogP contribution in [-0.2, 0) is 14.8 Å². The van der Waals surface area contributed by atoms with Crippen molar-refractivity contribution in [2.24, 2.45) is 0 Å². The van der Waals surface area contributed by atoms with Crippen molar-refractivity contribution in [1.29, 1.82) is 0 Å². The summed E-state index contributed by atoms with van der Waals surface area (Å²) in [7, 11) is -3.80. The highest BCUT2D eigenvalue weighted by molar-refractivity contribution is 7.92. The van der Waals surface area contributed by atoms with Crippen molar-refractivity contribution in [2.45, 2.75) is 25.8 Å². The molecule has 2 amide bonds. The van der Waals surface area contributed by atoms with Crippen LogP contribution in [0.3, 0.4) is 0 Å². The molecule has 0 fully saturated rings. The number of hydrogen-bond donors (Lipinski definition) is 2. The van der Waals surface area contributed by atoms with Crippen LogP contribution in [0.2, 0.25) is 0 Å². The Balaban J connectivity index is 1.62. The van der Waals surface area contributed by atoms with E-state index in [9.17, 15) is 26.8 Å². The van der Waals surface area contributed by atoms with Crippen LogP contribution < -0.4 is 14.9 Å². The van der Waals surface area contributed by atoms with E-state index in [0.717, 1.165) is 34.3 Å². The Morgan fingerprint density at radius 2 is 1.61 bits per heavy atom. The Morgan fingerprint density at radius 1 is 0.944 bits per heavy atom. The third kappa shape index (κ3) is 7.11. The molecule has 0 saturated heterocycles. The first-order chi connectivity index (χ1) is 17.1. The number of carbonyl (C=O) groups excluding carboxylic acids is 2. The molecule has 1 unspecified atom stereocenters. The normalized spacial score (nSPS) is 12.0. The second-order valence-electron chi connectivity index (χ2n) is 8.24. The standard InChI is InChI=1S/C26H27F2N3O4S/c1-18(19-9-4-3-5-10-19)29-26(33)21-11-6-7-12-24(21)30-25(32)13-8-16-31(36(2,34)35)20-14-15-22(27)23(28)17-20/h3-7,9-12,14-15,17-18H,8,13,16H2,1-2H3,(H,29,33)(H,30,32). The fourth-order valence-corrected chi connectivity index (χ4v) is 4.57. The quantitative estimate of drug-likeness (QED) is 0.411. The molecule has 3 rings (SSSR count). The maximum absolute atomic E-state index is 13.6. The van der Waals surface area contributed by atoms with Crippen LogP contribution in [0.5, 0.6) is 0 Å². The second kappa shape index (κ2) is 11.8. The molecule has 0 bridgehead atoms. The Morgan fingerprint density at radius 3 is 2.28 bits per heavy atom. The lowest BCUT2D eigenvalue weighted by Crippen LogP contribution is -2.31. The molecule has 0 saturated carbocycles. The molecule has 0 aliphatic carbocycles. The molecule has 2 N–H and O–H groups in total. The number of anilines is 2. The fraction of sp³-hybridized carbons (Fsp3) is 0.231. The van der Waals surface area contributed by atoms with E-state index in [-0.39, 0.29) is 42.6 Å². The van der Waals surface area contributed by atoms with Crippen molar-refractivity contribution in [3.63, 3.8) is 0 Å². The van der Waals surface area contributed by atoms with Crippen LogP contribution in [0.25, 0.3) is 0 Å². The molecule has 0 heterocycles. The van der Waals surface area contributed by atoms with Crippen molar-refractivity contribution in [1.82, 2.24) is 5.32 Å². The van der Waals surface area contributed by atoms with E-state index in [1.807, 2.05) is 37.3 Å². The molecule has 36 heavy (non-hydrogen) atoms. The molecule has 1 atom stereocenters. The van der Waals surface area contributed by atoms with Gasteiger partial charge >= 0.3 is 0 Å². The van der Waals surface area contributed by atoms with Crippen LogP contribution in [0.15, 0.2) is 72.8 Å². The molecule has 0 spiro atoms. The third-order valence-corrected chi connectivity index (χ3v) is 6.64. The summed E-state index contributed by atoms with van der Waals surface area (Å²) in [5, 5.41) is 5.60. The summed E-state index contributed by atoms with van der Waals surface area (Å²) in [4.78, 5) is 25.4. The lowest BCUT2D eigenvalue weighted by molar-refractivity contribution is -0.116. The van der Waals surface area contributed by atoms with E-state index in [1.165, 1.54) is 0 Å². The molecular weight excluding hydrogens is 488 g/mol. The smallest absolute Gasteiger partial charge is 0.253 e. The van der Waals surface area contributed by atoms with Gasteiger partial charge in [0.05, 0.1) is 29.2 Å². The van der Waals surface area contributed by atoms with Gasteiger partial charge in [0, 0.05) is 19.0 Å². The van der Waals surface area contributed by atoms with Crippen molar-refractivity contribution in [3.8, 4) is 0 Å². The van der Waals surface area contributed by atoms with Gasteiger partial charge in [-0.15, -0.1) is 0 Å². The van der Waals surface area contributed by atoms with Gasteiger partial charge < -0.3 is 10.6 Å². The van der Waals surface area contributed by atoms with Crippen LogP contribution in [0, 0.1) is 11.6 Å². The van der Waals surface area contributed by atoms with Crippen LogP contribution >= 0.6 is 0 Å². The lowest BCUT2D eigenvalue weighted by atomic mass is 10.1. The van der Waals surface area contributed by atoms with E-state index in [1.54, 1.807) is 24.3 Å². The van der Waals surface area contributed by atoms with Crippen LogP contribution in [-0.4, -0.2) is 33.0 Å². The van der Waals surface area contributed by atoms with Crippen molar-refractivity contribution in [2.75, 3.05) is 22.4 Å². The third-order valence-electron chi connectivity index (χ3n) is 5.45. The summed E-state index contributed by atoms with van der Waals surface area (Å²) < 4.78 is 52.1. The minimum Gasteiger partial charge on any atom is -0.345 e. The van der Waals surface area contributed by atoms with Crippen LogP contribution in [0.4, 0.5) is 20.2 Å². The largest absolute Gasteiger partial charge is 0.345 e. The van der Waals surface area contributed by atoms with Gasteiger partial charge in [0.1, 0.15) is 0 Å². The van der Waals surface area contributed by atoms with E-state index in [2.05, 4.69) is 10.6 Å². The zero-order chi connectivity index (χ0) is 26.3. The molecule has 0 aromatic heterocycles. The Hall–Kier alpha value is -3.79. The summed E-state index contributed by atoms with van der Waals surface area (Å²) in [5.41, 5.74) is 1.50. The highest BCUT2D eigenvalue weighted by Gasteiger charge is 2.20. The number of sulfonamides is 1. The first-order valence-corrected chi connectivity index (χ1v) is 13.1. The van der Waals surface area contributed by atoms with E-state index in [0.29, 0.717) is 5.69 Å². The predicted octanol–water partition coefficient (Wildman–Crippen LogP) is 4.64. The number of rotatable bonds is 10. The maximum Gasteiger partial charge on any atom is 0.253 e. The summed E-state index contributed by atoms with van der Waals surface area (Å²) in [6.07, 6.45) is 0.989. The fourth-order valence-electron chi connectivity index (χ4n) is 3.61. The zero-order valence-electron chi connectivity index (χ0n) is 19.9. The van der Waals surface area contributed by atoms with E-state index in [4.69, 9.17) is 0 Å². The summed E-state index contributed by atoms with van der Waals surface area (Å²) in [5.74, 6) is -3.04. The Labute approximate surface area is 209 Å². The van der Waals surface area contributed by atoms with Gasteiger partial charge in [0.2, 0.25) is 15.9 Å². The van der Waals surface area contributed by atoms with Crippen molar-refractivity contribution >= 4 is 33.2 Å². The molecule has 7 nitrogen and oxygen atoms in total. The number of hydrogen-bond acceptors (Lipinski definition) is 4. The van der Waals surface area contributed by atoms with Crippen molar-refractivity contribution in [3.05, 3.63) is 95.6 Å². The number of nitrogens with one attached hydrogen (secondary N) is 2. The maximum atomic E-state index is 13.6. The van der Waals surface area contributed by atoms with Gasteiger partial charge in [0.25, 0.3) is 5.91 Å². The molecule has 0 radical (unpaired) electrons. The van der Waals surface area contributed by atoms with Gasteiger partial charge in [-0.3, -0.25) is 13.9 Å². The number of benzene rings is 3. The summed E-state index contributed by atoms with van der Waals surface area (Å²) in [6, 6.07) is 18.6. The molecule has 3 aromatic rings. The Bertz CT molecular complexity index is 1330. The van der Waals surface area contributed by atoms with Gasteiger partial charge in [0.15, 0.2) is 11.6 Å². The number of carbonyl (C=O) groups is 2. The van der Waals surface area contributed by atoms with Crippen molar-refractivity contribution < 1.29 is 26.8 Å². The van der Waals surface area contributed by atoms with E-state index >= 15 is 0 Å². The molecule has 3 aromatic carbocycles. The van der Waals surface area contributed by atoms with Crippen LogP contribution in [0.1, 0.15) is 41.7 Å². The highest BCUT2D eigenvalue weighted by atomic mass is 32.2. The number of halogens is 2. The average molecular weight is 516 g/mol. The minimum absolute atomic E-state index is 0.0358. The minimum atomic E-state index is -3.80. The predicted molar refractivity (Wildman–Crippen MR) is 135 cm³/mol. The molecule has 10 heteroatoms. The van der Waals surface area contributed by atoms with Gasteiger partial charge in [-0.05, 0) is 43.2 Å². The van der Waals surface area contributed by atoms with E-state index < -0.39 is 27.6 Å². The molecular formula is C26H27F2N3O4S. The number of amides is 2. The average Bonchev–Trinajstić information content (AvgIpc) is 2.83. The van der Waals surface area contributed by atoms with Gasteiger partial charge in [-0.2, -0.15) is 0 Å².